The standard InChI is InChI=1S/C19H23N3O2/c1-15(16-8-4-2-5-9-16)14-21-18(23)12-13-20-19(24)22-17-10-6-3-7-11-17/h2-11,15H,12-14H2,1H3,(H,21,23)(H2,20,22,24)/t15-/m1/s1. The van der Waals surface area contributed by atoms with E-state index in [1.807, 2.05) is 48.5 Å². The first-order chi connectivity index (χ1) is 11.6. The molecule has 126 valence electrons. The van der Waals surface area contributed by atoms with Gasteiger partial charge in [0.25, 0.3) is 0 Å². The van der Waals surface area contributed by atoms with E-state index in [0.717, 1.165) is 5.69 Å². The highest BCUT2D eigenvalue weighted by atomic mass is 16.2. The second-order valence-electron chi connectivity index (χ2n) is 5.61. The third kappa shape index (κ3) is 6.12. The molecule has 3 amide bonds. The van der Waals surface area contributed by atoms with Crippen LogP contribution in [0.5, 0.6) is 0 Å². The van der Waals surface area contributed by atoms with Crippen LogP contribution in [0, 0.1) is 0 Å². The minimum atomic E-state index is -0.313. The van der Waals surface area contributed by atoms with Crippen LogP contribution in [0.3, 0.4) is 0 Å². The van der Waals surface area contributed by atoms with Crippen LogP contribution < -0.4 is 16.0 Å². The second kappa shape index (κ2) is 9.35. The number of nitrogens with one attached hydrogen (secondary N) is 3. The van der Waals surface area contributed by atoms with Crippen molar-refractivity contribution in [1.82, 2.24) is 10.6 Å². The summed E-state index contributed by atoms with van der Waals surface area (Å²) in [5.74, 6) is 0.183. The molecule has 0 saturated carbocycles. The van der Waals surface area contributed by atoms with Crippen molar-refractivity contribution in [3.63, 3.8) is 0 Å². The molecule has 2 rings (SSSR count). The Morgan fingerprint density at radius 3 is 2.21 bits per heavy atom. The fourth-order valence-electron chi connectivity index (χ4n) is 2.24. The van der Waals surface area contributed by atoms with Crippen LogP contribution in [0.2, 0.25) is 0 Å². The number of para-hydroxylation sites is 1. The number of hydrogen-bond acceptors (Lipinski definition) is 2. The van der Waals surface area contributed by atoms with Crippen molar-refractivity contribution in [1.29, 1.82) is 0 Å². The predicted octanol–water partition coefficient (Wildman–Crippen LogP) is 3.12. The van der Waals surface area contributed by atoms with Crippen LogP contribution in [-0.2, 0) is 4.79 Å². The van der Waals surface area contributed by atoms with Crippen LogP contribution in [0.4, 0.5) is 10.5 Å². The predicted molar refractivity (Wildman–Crippen MR) is 95.9 cm³/mol. The molecule has 0 fully saturated rings. The number of carbonyl (C=O) groups is 2. The normalized spacial score (nSPS) is 11.4. The van der Waals surface area contributed by atoms with Crippen LogP contribution >= 0.6 is 0 Å². The largest absolute Gasteiger partial charge is 0.355 e. The average Bonchev–Trinajstić information content (AvgIpc) is 2.61. The molecule has 2 aromatic rings. The number of urea groups is 1. The minimum absolute atomic E-state index is 0.0715. The Morgan fingerprint density at radius 1 is 0.917 bits per heavy atom. The molecular weight excluding hydrogens is 302 g/mol. The Balaban J connectivity index is 1.62. The highest BCUT2D eigenvalue weighted by Crippen LogP contribution is 2.12. The molecule has 3 N–H and O–H groups in total. The zero-order valence-electron chi connectivity index (χ0n) is 13.8. The van der Waals surface area contributed by atoms with Gasteiger partial charge in [-0.05, 0) is 23.6 Å². The Morgan fingerprint density at radius 2 is 1.54 bits per heavy atom. The van der Waals surface area contributed by atoms with E-state index in [-0.39, 0.29) is 24.3 Å². The molecule has 0 saturated heterocycles. The van der Waals surface area contributed by atoms with E-state index in [9.17, 15) is 9.59 Å². The maximum Gasteiger partial charge on any atom is 0.319 e. The average molecular weight is 325 g/mol. The summed E-state index contributed by atoms with van der Waals surface area (Å²) in [6, 6.07) is 18.9. The molecule has 5 nitrogen and oxygen atoms in total. The third-order valence-electron chi connectivity index (χ3n) is 3.64. The summed E-state index contributed by atoms with van der Waals surface area (Å²) in [5.41, 5.74) is 1.91. The van der Waals surface area contributed by atoms with Crippen molar-refractivity contribution >= 4 is 17.6 Å². The first-order valence-corrected chi connectivity index (χ1v) is 8.06. The molecule has 0 aliphatic carbocycles. The Bertz CT molecular complexity index is 644. The van der Waals surface area contributed by atoms with Gasteiger partial charge in [-0.3, -0.25) is 4.79 Å². The molecule has 0 aliphatic rings. The lowest BCUT2D eigenvalue weighted by molar-refractivity contribution is -0.121. The lowest BCUT2D eigenvalue weighted by Crippen LogP contribution is -2.34. The highest BCUT2D eigenvalue weighted by molar-refractivity contribution is 5.89. The summed E-state index contributed by atoms with van der Waals surface area (Å²) >= 11 is 0. The minimum Gasteiger partial charge on any atom is -0.355 e. The van der Waals surface area contributed by atoms with E-state index in [1.165, 1.54) is 5.56 Å². The number of amides is 3. The van der Waals surface area contributed by atoms with Gasteiger partial charge in [0, 0.05) is 25.2 Å². The summed E-state index contributed by atoms with van der Waals surface area (Å²) in [6.07, 6.45) is 0.254. The molecule has 2 aromatic carbocycles. The van der Waals surface area contributed by atoms with Gasteiger partial charge in [0.1, 0.15) is 0 Å². The van der Waals surface area contributed by atoms with Crippen molar-refractivity contribution in [2.24, 2.45) is 0 Å². The fourth-order valence-corrected chi connectivity index (χ4v) is 2.24. The van der Waals surface area contributed by atoms with Crippen LogP contribution in [0.25, 0.3) is 0 Å². The van der Waals surface area contributed by atoms with Gasteiger partial charge in [-0.15, -0.1) is 0 Å². The first kappa shape index (κ1) is 17.5. The summed E-state index contributed by atoms with van der Waals surface area (Å²) in [6.45, 7) is 2.95. The SMILES string of the molecule is C[C@H](CNC(=O)CCNC(=O)Nc1ccccc1)c1ccccc1. The zero-order valence-corrected chi connectivity index (χ0v) is 13.8. The molecular formula is C19H23N3O2. The number of benzene rings is 2. The van der Waals surface area contributed by atoms with E-state index >= 15 is 0 Å². The third-order valence-corrected chi connectivity index (χ3v) is 3.64. The molecule has 0 bridgehead atoms. The van der Waals surface area contributed by atoms with Crippen LogP contribution in [0.15, 0.2) is 60.7 Å². The van der Waals surface area contributed by atoms with Crippen LogP contribution in [0.1, 0.15) is 24.8 Å². The van der Waals surface area contributed by atoms with E-state index in [1.54, 1.807) is 12.1 Å². The van der Waals surface area contributed by atoms with Gasteiger partial charge >= 0.3 is 6.03 Å². The smallest absolute Gasteiger partial charge is 0.319 e. The van der Waals surface area contributed by atoms with E-state index < -0.39 is 0 Å². The summed E-state index contributed by atoms with van der Waals surface area (Å²) in [7, 11) is 0. The summed E-state index contributed by atoms with van der Waals surface area (Å²) in [4.78, 5) is 23.5. The molecule has 0 heterocycles. The Kier molecular flexibility index (Phi) is 6.83. The number of carbonyl (C=O) groups excluding carboxylic acids is 2. The maximum atomic E-state index is 11.8. The topological polar surface area (TPSA) is 70.2 Å². The van der Waals surface area contributed by atoms with Crippen molar-refractivity contribution in [3.05, 3.63) is 66.2 Å². The zero-order chi connectivity index (χ0) is 17.2. The number of rotatable bonds is 7. The van der Waals surface area contributed by atoms with Crippen molar-refractivity contribution < 1.29 is 9.59 Å². The molecule has 0 radical (unpaired) electrons. The van der Waals surface area contributed by atoms with Gasteiger partial charge in [0.2, 0.25) is 5.91 Å². The van der Waals surface area contributed by atoms with E-state index in [4.69, 9.17) is 0 Å². The first-order valence-electron chi connectivity index (χ1n) is 8.06. The van der Waals surface area contributed by atoms with Gasteiger partial charge in [-0.2, -0.15) is 0 Å². The lowest BCUT2D eigenvalue weighted by Gasteiger charge is -2.13. The van der Waals surface area contributed by atoms with Gasteiger partial charge in [-0.1, -0.05) is 55.5 Å². The summed E-state index contributed by atoms with van der Waals surface area (Å²) in [5, 5.41) is 8.27. The van der Waals surface area contributed by atoms with Crippen LogP contribution in [-0.4, -0.2) is 25.0 Å². The Hall–Kier alpha value is -2.82. The molecule has 1 atom stereocenters. The molecule has 0 unspecified atom stereocenters. The quantitative estimate of drug-likeness (QED) is 0.732. The monoisotopic (exact) mass is 325 g/mol. The number of hydrogen-bond donors (Lipinski definition) is 3. The Labute approximate surface area is 142 Å². The van der Waals surface area contributed by atoms with E-state index in [0.29, 0.717) is 13.1 Å². The maximum absolute atomic E-state index is 11.8. The molecule has 24 heavy (non-hydrogen) atoms. The molecule has 5 heteroatoms. The van der Waals surface area contributed by atoms with Gasteiger partial charge < -0.3 is 16.0 Å². The lowest BCUT2D eigenvalue weighted by atomic mass is 10.0. The summed E-state index contributed by atoms with van der Waals surface area (Å²) < 4.78 is 0. The van der Waals surface area contributed by atoms with Gasteiger partial charge in [0.05, 0.1) is 0 Å². The second-order valence-corrected chi connectivity index (χ2v) is 5.61. The molecule has 0 aliphatic heterocycles. The molecule has 0 aromatic heterocycles. The van der Waals surface area contributed by atoms with Crippen molar-refractivity contribution in [3.8, 4) is 0 Å². The molecule has 0 spiro atoms. The van der Waals surface area contributed by atoms with Gasteiger partial charge in [-0.25, -0.2) is 4.79 Å². The van der Waals surface area contributed by atoms with Crippen molar-refractivity contribution in [2.75, 3.05) is 18.4 Å². The number of anilines is 1. The van der Waals surface area contributed by atoms with E-state index in [2.05, 4.69) is 22.9 Å². The fraction of sp³-hybridized carbons (Fsp3) is 0.263. The highest BCUT2D eigenvalue weighted by Gasteiger charge is 2.08. The van der Waals surface area contributed by atoms with Gasteiger partial charge in [0.15, 0.2) is 0 Å². The van der Waals surface area contributed by atoms with Crippen molar-refractivity contribution in [2.45, 2.75) is 19.3 Å².